The van der Waals surface area contributed by atoms with E-state index in [1.807, 2.05) is 25.1 Å². The largest absolute Gasteiger partial charge is 0.493 e. The molecule has 2 aromatic rings. The number of anilines is 1. The van der Waals surface area contributed by atoms with Gasteiger partial charge in [0.15, 0.2) is 28.7 Å². The molecule has 148 valence electrons. The average Bonchev–Trinajstić information content (AvgIpc) is 2.67. The zero-order valence-electron chi connectivity index (χ0n) is 16.0. The van der Waals surface area contributed by atoms with Crippen LogP contribution in [0.4, 0.5) is 10.5 Å². The van der Waals surface area contributed by atoms with Gasteiger partial charge in [-0.15, -0.1) is 0 Å². The van der Waals surface area contributed by atoms with Crippen molar-refractivity contribution >= 4 is 27.6 Å². The number of carbonyl (C=O) groups excluding carboxylic acids is 1. The zero-order chi connectivity index (χ0) is 20.1. The Balaban J connectivity index is 1.81. The number of methoxy groups -OCH3 is 3. The highest BCUT2D eigenvalue weighted by Gasteiger charge is 2.50. The van der Waals surface area contributed by atoms with Crippen LogP contribution in [0.5, 0.6) is 23.0 Å². The Bertz CT molecular complexity index is 950. The van der Waals surface area contributed by atoms with Crippen LogP contribution in [0.3, 0.4) is 0 Å². The third kappa shape index (κ3) is 2.83. The van der Waals surface area contributed by atoms with Gasteiger partial charge in [0.1, 0.15) is 0 Å². The van der Waals surface area contributed by atoms with Gasteiger partial charge >= 0.3 is 6.03 Å². The fraction of sp³-hybridized carbons (Fsp3) is 0.350. The molecule has 2 bridgehead atoms. The predicted octanol–water partition coefficient (Wildman–Crippen LogP) is 4.24. The number of halogens is 1. The molecule has 7 nitrogen and oxygen atoms in total. The average molecular weight is 449 g/mol. The summed E-state index contributed by atoms with van der Waals surface area (Å²) in [5.41, 5.74) is 0.653. The van der Waals surface area contributed by atoms with E-state index in [1.165, 1.54) is 0 Å². The molecule has 4 rings (SSSR count). The molecule has 0 spiro atoms. The molecular weight excluding hydrogens is 428 g/mol. The number of ether oxygens (including phenoxy) is 4. The molecule has 2 aliphatic heterocycles. The summed E-state index contributed by atoms with van der Waals surface area (Å²) in [5.74, 6) is 2.38. The van der Waals surface area contributed by atoms with Crippen LogP contribution in [0.15, 0.2) is 34.8 Å². The minimum Gasteiger partial charge on any atom is -0.493 e. The van der Waals surface area contributed by atoms with Gasteiger partial charge in [-0.1, -0.05) is 15.9 Å². The first kappa shape index (κ1) is 18.7. The lowest BCUT2D eigenvalue weighted by atomic mass is 9.90. The second-order valence-electron chi connectivity index (χ2n) is 6.88. The van der Waals surface area contributed by atoms with Gasteiger partial charge in [0.25, 0.3) is 0 Å². The van der Waals surface area contributed by atoms with Crippen LogP contribution in [0.2, 0.25) is 0 Å². The first-order valence-corrected chi connectivity index (χ1v) is 9.58. The van der Waals surface area contributed by atoms with Crippen molar-refractivity contribution in [1.82, 2.24) is 5.32 Å². The maximum absolute atomic E-state index is 13.0. The number of nitrogens with one attached hydrogen (secondary N) is 1. The summed E-state index contributed by atoms with van der Waals surface area (Å²) in [6, 6.07) is 8.73. The molecular formula is C20H21BrN2O5. The molecule has 2 aliphatic rings. The number of hydrogen-bond donors (Lipinski definition) is 1. The standard InChI is InChI=1S/C20H21BrN2O5/c1-20-10-14(13-7-11(21)8-17(27-4)18(13)28-20)22-19(24)23(20)12-5-6-15(25-2)16(9-12)26-3/h5-9,14H,10H2,1-4H3,(H,22,24)/t14?,20-/m0/s1. The Morgan fingerprint density at radius 1 is 1.11 bits per heavy atom. The van der Waals surface area contributed by atoms with E-state index >= 15 is 0 Å². The molecule has 1 fully saturated rings. The first-order chi connectivity index (χ1) is 13.4. The Hall–Kier alpha value is -2.61. The molecule has 1 unspecified atom stereocenters. The van der Waals surface area contributed by atoms with Crippen LogP contribution in [0, 0.1) is 0 Å². The van der Waals surface area contributed by atoms with Crippen LogP contribution in [0.25, 0.3) is 0 Å². The molecule has 8 heteroatoms. The van der Waals surface area contributed by atoms with E-state index in [1.54, 1.807) is 38.4 Å². The maximum atomic E-state index is 13.0. The molecule has 0 radical (unpaired) electrons. The number of rotatable bonds is 4. The van der Waals surface area contributed by atoms with E-state index < -0.39 is 5.72 Å². The lowest BCUT2D eigenvalue weighted by Crippen LogP contribution is -2.65. The highest BCUT2D eigenvalue weighted by atomic mass is 79.9. The van der Waals surface area contributed by atoms with E-state index in [0.29, 0.717) is 35.1 Å². The van der Waals surface area contributed by atoms with Crippen molar-refractivity contribution in [2.75, 3.05) is 26.2 Å². The predicted molar refractivity (Wildman–Crippen MR) is 108 cm³/mol. The van der Waals surface area contributed by atoms with Gasteiger partial charge in [-0.05, 0) is 31.2 Å². The Kier molecular flexibility index (Phi) is 4.53. The van der Waals surface area contributed by atoms with Crippen LogP contribution < -0.4 is 29.2 Å². The molecule has 0 saturated carbocycles. The Morgan fingerprint density at radius 2 is 1.82 bits per heavy atom. The second-order valence-corrected chi connectivity index (χ2v) is 7.80. The van der Waals surface area contributed by atoms with Crippen molar-refractivity contribution in [3.05, 3.63) is 40.4 Å². The normalized spacial score (nSPS) is 22.7. The molecule has 2 amide bonds. The van der Waals surface area contributed by atoms with Gasteiger partial charge in [0.2, 0.25) is 0 Å². The molecule has 2 heterocycles. The van der Waals surface area contributed by atoms with Gasteiger partial charge in [-0.25, -0.2) is 4.79 Å². The molecule has 1 saturated heterocycles. The summed E-state index contributed by atoms with van der Waals surface area (Å²) in [4.78, 5) is 14.6. The smallest absolute Gasteiger partial charge is 0.325 e. The summed E-state index contributed by atoms with van der Waals surface area (Å²) in [5, 5.41) is 3.08. The fourth-order valence-electron chi connectivity index (χ4n) is 3.91. The SMILES string of the molecule is COc1ccc(N2C(=O)NC3C[C@]2(C)Oc2c(OC)cc(Br)cc23)cc1OC. The van der Waals surface area contributed by atoms with Crippen LogP contribution in [-0.2, 0) is 0 Å². The minimum atomic E-state index is -0.888. The zero-order valence-corrected chi connectivity index (χ0v) is 17.6. The Morgan fingerprint density at radius 3 is 2.50 bits per heavy atom. The van der Waals surface area contributed by atoms with E-state index in [2.05, 4.69) is 21.2 Å². The summed E-state index contributed by atoms with van der Waals surface area (Å²) in [6.07, 6.45) is 0.583. The summed E-state index contributed by atoms with van der Waals surface area (Å²) in [6.45, 7) is 1.90. The van der Waals surface area contributed by atoms with E-state index in [9.17, 15) is 4.79 Å². The number of nitrogens with zero attached hydrogens (tertiary/aromatic N) is 1. The summed E-state index contributed by atoms with van der Waals surface area (Å²) in [7, 11) is 4.73. The topological polar surface area (TPSA) is 69.3 Å². The van der Waals surface area contributed by atoms with E-state index in [4.69, 9.17) is 18.9 Å². The molecule has 28 heavy (non-hydrogen) atoms. The van der Waals surface area contributed by atoms with Crippen LogP contribution in [0.1, 0.15) is 24.9 Å². The number of urea groups is 1. The van der Waals surface area contributed by atoms with Crippen LogP contribution in [-0.4, -0.2) is 33.1 Å². The minimum absolute atomic E-state index is 0.177. The number of hydrogen-bond acceptors (Lipinski definition) is 5. The van der Waals surface area contributed by atoms with Crippen molar-refractivity contribution in [3.63, 3.8) is 0 Å². The number of carbonyl (C=O) groups is 1. The number of benzene rings is 2. The van der Waals surface area contributed by atoms with Crippen molar-refractivity contribution < 1.29 is 23.7 Å². The van der Waals surface area contributed by atoms with Gasteiger partial charge in [0.05, 0.1) is 33.1 Å². The van der Waals surface area contributed by atoms with Crippen molar-refractivity contribution in [1.29, 1.82) is 0 Å². The van der Waals surface area contributed by atoms with Gasteiger partial charge in [0, 0.05) is 22.5 Å². The lowest BCUT2D eigenvalue weighted by Gasteiger charge is -2.50. The molecule has 2 atom stereocenters. The molecule has 0 aliphatic carbocycles. The summed E-state index contributed by atoms with van der Waals surface area (Å²) < 4.78 is 23.5. The van der Waals surface area contributed by atoms with Crippen molar-refractivity contribution in [3.8, 4) is 23.0 Å². The Labute approximate surface area is 171 Å². The highest BCUT2D eigenvalue weighted by Crippen LogP contribution is 2.50. The maximum Gasteiger partial charge on any atom is 0.325 e. The van der Waals surface area contributed by atoms with E-state index in [-0.39, 0.29) is 12.1 Å². The number of amides is 2. The third-order valence-electron chi connectivity index (χ3n) is 5.15. The lowest BCUT2D eigenvalue weighted by molar-refractivity contribution is 0.0349. The number of fused-ring (bicyclic) bond motifs is 4. The molecule has 0 aromatic heterocycles. The molecule has 1 N–H and O–H groups in total. The van der Waals surface area contributed by atoms with Gasteiger partial charge in [-0.3, -0.25) is 4.90 Å². The fourth-order valence-corrected chi connectivity index (χ4v) is 4.36. The van der Waals surface area contributed by atoms with E-state index in [0.717, 1.165) is 10.0 Å². The van der Waals surface area contributed by atoms with Crippen molar-refractivity contribution in [2.24, 2.45) is 0 Å². The van der Waals surface area contributed by atoms with Gasteiger partial charge < -0.3 is 24.3 Å². The highest BCUT2D eigenvalue weighted by molar-refractivity contribution is 9.10. The van der Waals surface area contributed by atoms with Crippen molar-refractivity contribution in [2.45, 2.75) is 25.1 Å². The summed E-state index contributed by atoms with van der Waals surface area (Å²) >= 11 is 3.49. The van der Waals surface area contributed by atoms with Crippen LogP contribution >= 0.6 is 15.9 Å². The first-order valence-electron chi connectivity index (χ1n) is 8.79. The van der Waals surface area contributed by atoms with Gasteiger partial charge in [-0.2, -0.15) is 0 Å². The molecule has 2 aromatic carbocycles. The second kappa shape index (κ2) is 6.77. The quantitative estimate of drug-likeness (QED) is 0.756. The third-order valence-corrected chi connectivity index (χ3v) is 5.61. The monoisotopic (exact) mass is 448 g/mol.